The third-order valence-electron chi connectivity index (χ3n) is 5.27. The average Bonchev–Trinajstić information content (AvgIpc) is 2.92. The van der Waals surface area contributed by atoms with Gasteiger partial charge in [0.25, 0.3) is 5.91 Å². The molecular weight excluding hydrogens is 294 g/mol. The number of rotatable bonds is 5. The molecule has 1 aromatic heterocycles. The van der Waals surface area contributed by atoms with Gasteiger partial charge in [-0.15, -0.1) is 0 Å². The van der Waals surface area contributed by atoms with Gasteiger partial charge in [-0.2, -0.15) is 0 Å². The van der Waals surface area contributed by atoms with Crippen LogP contribution in [0.15, 0.2) is 12.1 Å². The number of hydrogen-bond acceptors (Lipinski definition) is 4. The van der Waals surface area contributed by atoms with Gasteiger partial charge in [-0.05, 0) is 31.5 Å². The van der Waals surface area contributed by atoms with Crippen molar-refractivity contribution in [1.82, 2.24) is 14.8 Å². The minimum absolute atomic E-state index is 0.0552. The summed E-state index contributed by atoms with van der Waals surface area (Å²) >= 11 is 0. The third-order valence-corrected chi connectivity index (χ3v) is 5.27. The van der Waals surface area contributed by atoms with Gasteiger partial charge in [0, 0.05) is 26.3 Å². The smallest absolute Gasteiger partial charge is 0.267 e. The number of aliphatic hydroxyl groups excluding tert-OH is 1. The van der Waals surface area contributed by atoms with E-state index in [1.807, 2.05) is 17.7 Å². The molecule has 2 N–H and O–H groups in total. The van der Waals surface area contributed by atoms with Crippen molar-refractivity contribution >= 4 is 5.91 Å². The van der Waals surface area contributed by atoms with E-state index in [1.54, 1.807) is 7.05 Å². The van der Waals surface area contributed by atoms with Gasteiger partial charge in [-0.3, -0.25) is 9.69 Å². The summed E-state index contributed by atoms with van der Waals surface area (Å²) in [5, 5.41) is 12.4. The van der Waals surface area contributed by atoms with E-state index in [9.17, 15) is 9.90 Å². The summed E-state index contributed by atoms with van der Waals surface area (Å²) in [5.41, 5.74) is 1.76. The van der Waals surface area contributed by atoms with Gasteiger partial charge in [0.05, 0.1) is 31.3 Å². The van der Waals surface area contributed by atoms with Gasteiger partial charge in [0.15, 0.2) is 0 Å². The van der Waals surface area contributed by atoms with Gasteiger partial charge < -0.3 is 19.7 Å². The maximum absolute atomic E-state index is 11.9. The monoisotopic (exact) mass is 321 g/mol. The van der Waals surface area contributed by atoms with Gasteiger partial charge in [0.1, 0.15) is 5.69 Å². The highest BCUT2D eigenvalue weighted by molar-refractivity contribution is 5.92. The molecule has 0 saturated carbocycles. The Labute approximate surface area is 137 Å². The van der Waals surface area contributed by atoms with Gasteiger partial charge in [-0.25, -0.2) is 0 Å². The highest BCUT2D eigenvalue weighted by atomic mass is 16.5. The Bertz CT molecular complexity index is 560. The first-order valence-corrected chi connectivity index (χ1v) is 8.40. The first-order chi connectivity index (χ1) is 11.1. The van der Waals surface area contributed by atoms with Gasteiger partial charge >= 0.3 is 0 Å². The number of nitrogens with one attached hydrogen (secondary N) is 1. The lowest BCUT2D eigenvalue weighted by atomic mass is 9.84. The molecule has 0 bridgehead atoms. The molecule has 6 nitrogen and oxygen atoms in total. The van der Waals surface area contributed by atoms with Gasteiger partial charge in [0.2, 0.25) is 0 Å². The maximum atomic E-state index is 11.9. The largest absolute Gasteiger partial charge is 0.396 e. The average molecular weight is 321 g/mol. The lowest BCUT2D eigenvalue weighted by Gasteiger charge is -2.46. The Balaban J connectivity index is 1.81. The van der Waals surface area contributed by atoms with E-state index in [4.69, 9.17) is 4.74 Å². The molecule has 128 valence electrons. The number of ether oxygens (including phenoxy) is 1. The van der Waals surface area contributed by atoms with Crippen molar-refractivity contribution in [1.29, 1.82) is 0 Å². The predicted molar refractivity (Wildman–Crippen MR) is 87.3 cm³/mol. The van der Waals surface area contributed by atoms with Crippen LogP contribution in [0.4, 0.5) is 0 Å². The zero-order valence-corrected chi connectivity index (χ0v) is 14.0. The van der Waals surface area contributed by atoms with Crippen molar-refractivity contribution in [3.8, 4) is 0 Å². The van der Waals surface area contributed by atoms with Crippen LogP contribution in [-0.4, -0.2) is 60.4 Å². The Morgan fingerprint density at radius 1 is 1.43 bits per heavy atom. The van der Waals surface area contributed by atoms with Crippen LogP contribution in [0.5, 0.6) is 0 Å². The highest BCUT2D eigenvalue weighted by Crippen LogP contribution is 2.36. The number of aliphatic hydroxyl groups is 1. The van der Waals surface area contributed by atoms with Crippen molar-refractivity contribution in [3.63, 3.8) is 0 Å². The maximum Gasteiger partial charge on any atom is 0.267 e. The van der Waals surface area contributed by atoms with Crippen LogP contribution < -0.4 is 5.32 Å². The molecule has 3 heterocycles. The fourth-order valence-electron chi connectivity index (χ4n) is 3.79. The van der Waals surface area contributed by atoms with Crippen LogP contribution in [0.3, 0.4) is 0 Å². The topological polar surface area (TPSA) is 66.7 Å². The lowest BCUT2D eigenvalue weighted by Crippen LogP contribution is -2.54. The minimum atomic E-state index is -0.107. The summed E-state index contributed by atoms with van der Waals surface area (Å²) in [6.07, 6.45) is 3.48. The normalized spacial score (nSPS) is 24.2. The number of carbonyl (C=O) groups excluding carboxylic acids is 1. The quantitative estimate of drug-likeness (QED) is 0.846. The van der Waals surface area contributed by atoms with Crippen molar-refractivity contribution in [2.24, 2.45) is 12.5 Å². The first kappa shape index (κ1) is 16.5. The lowest BCUT2D eigenvalue weighted by molar-refractivity contribution is -0.154. The van der Waals surface area contributed by atoms with E-state index in [-0.39, 0.29) is 17.9 Å². The minimum Gasteiger partial charge on any atom is -0.396 e. The number of nitrogens with zero attached hydrogens (tertiary/aromatic N) is 2. The summed E-state index contributed by atoms with van der Waals surface area (Å²) in [7, 11) is 3.62. The Kier molecular flexibility index (Phi) is 4.75. The molecule has 0 aliphatic carbocycles. The van der Waals surface area contributed by atoms with Crippen LogP contribution in [0.2, 0.25) is 0 Å². The summed E-state index contributed by atoms with van der Waals surface area (Å²) in [6, 6.07) is 4.27. The van der Waals surface area contributed by atoms with E-state index in [0.717, 1.165) is 19.5 Å². The number of likely N-dealkylation sites (tertiary alicyclic amines) is 1. The highest BCUT2D eigenvalue weighted by Gasteiger charge is 2.42. The number of hydrogen-bond donors (Lipinski definition) is 2. The molecule has 2 aliphatic heterocycles. The molecule has 1 unspecified atom stereocenters. The molecule has 1 atom stereocenters. The van der Waals surface area contributed by atoms with Crippen molar-refractivity contribution < 1.29 is 14.6 Å². The molecule has 2 fully saturated rings. The molecule has 0 radical (unpaired) electrons. The molecule has 23 heavy (non-hydrogen) atoms. The number of aromatic nitrogens is 1. The zero-order valence-electron chi connectivity index (χ0n) is 14.0. The summed E-state index contributed by atoms with van der Waals surface area (Å²) in [6.45, 7) is 3.35. The van der Waals surface area contributed by atoms with Gasteiger partial charge in [-0.1, -0.05) is 6.42 Å². The van der Waals surface area contributed by atoms with E-state index < -0.39 is 0 Å². The fraction of sp³-hybridized carbons (Fsp3) is 0.706. The second-order valence-corrected chi connectivity index (χ2v) is 6.91. The molecule has 6 heteroatoms. The molecule has 0 spiro atoms. The first-order valence-electron chi connectivity index (χ1n) is 8.40. The molecule has 0 aromatic carbocycles. The number of piperidine rings is 1. The summed E-state index contributed by atoms with van der Waals surface area (Å²) < 4.78 is 7.35. The zero-order chi connectivity index (χ0) is 16.4. The number of carbonyl (C=O) groups is 1. The standard InChI is InChI=1S/C17H27N3O3/c1-18-16(22)15-7-6-13(19(15)2)14-5-3-4-8-20(14)9-17(10-21)11-23-12-17/h6-7,14,21H,3-5,8-12H2,1-2H3,(H,18,22). The number of amides is 1. The van der Waals surface area contributed by atoms with E-state index >= 15 is 0 Å². The van der Waals surface area contributed by atoms with Crippen LogP contribution in [-0.2, 0) is 11.8 Å². The van der Waals surface area contributed by atoms with Crippen molar-refractivity contribution in [2.75, 3.05) is 40.0 Å². The molecule has 3 rings (SSSR count). The Hall–Kier alpha value is -1.37. The van der Waals surface area contributed by atoms with Crippen LogP contribution >= 0.6 is 0 Å². The predicted octanol–water partition coefficient (Wildman–Crippen LogP) is 0.921. The van der Waals surface area contributed by atoms with Crippen LogP contribution in [0, 0.1) is 5.41 Å². The molecule has 1 amide bonds. The molecule has 2 saturated heterocycles. The van der Waals surface area contributed by atoms with Crippen LogP contribution in [0.1, 0.15) is 41.5 Å². The SMILES string of the molecule is CNC(=O)c1ccc(C2CCCCN2CC2(CO)COC2)n1C. The molecular formula is C17H27N3O3. The second kappa shape index (κ2) is 6.63. The van der Waals surface area contributed by atoms with Crippen molar-refractivity contribution in [2.45, 2.75) is 25.3 Å². The molecule has 1 aromatic rings. The van der Waals surface area contributed by atoms with Crippen molar-refractivity contribution in [3.05, 3.63) is 23.5 Å². The summed E-state index contributed by atoms with van der Waals surface area (Å²) in [4.78, 5) is 14.4. The Morgan fingerprint density at radius 2 is 2.22 bits per heavy atom. The van der Waals surface area contributed by atoms with E-state index in [0.29, 0.717) is 24.9 Å². The third kappa shape index (κ3) is 3.03. The Morgan fingerprint density at radius 3 is 2.83 bits per heavy atom. The van der Waals surface area contributed by atoms with Crippen LogP contribution in [0.25, 0.3) is 0 Å². The van der Waals surface area contributed by atoms with E-state index in [2.05, 4.69) is 16.3 Å². The second-order valence-electron chi connectivity index (χ2n) is 6.91. The summed E-state index contributed by atoms with van der Waals surface area (Å²) in [5.74, 6) is -0.0552. The molecule has 2 aliphatic rings. The fourth-order valence-corrected chi connectivity index (χ4v) is 3.79. The van der Waals surface area contributed by atoms with E-state index in [1.165, 1.54) is 18.5 Å².